The van der Waals surface area contributed by atoms with Crippen LogP contribution in [0, 0.1) is 11.3 Å². The number of furan rings is 1. The molecule has 0 aliphatic carbocycles. The second-order valence-corrected chi connectivity index (χ2v) is 11.9. The third-order valence-corrected chi connectivity index (χ3v) is 8.97. The Bertz CT molecular complexity index is 2730. The van der Waals surface area contributed by atoms with Crippen LogP contribution in [0.1, 0.15) is 5.56 Å². The Balaban J connectivity index is 1.21. The van der Waals surface area contributed by atoms with E-state index in [4.69, 9.17) is 19.4 Å². The van der Waals surface area contributed by atoms with Crippen molar-refractivity contribution in [1.29, 1.82) is 5.26 Å². The molecule has 5 nitrogen and oxygen atoms in total. The first kappa shape index (κ1) is 28.3. The van der Waals surface area contributed by atoms with Crippen molar-refractivity contribution in [3.63, 3.8) is 0 Å². The fraction of sp³-hybridized carbons (Fsp3) is 0. The van der Waals surface area contributed by atoms with Crippen LogP contribution in [0.5, 0.6) is 0 Å². The molecule has 0 radical (unpaired) electrons. The van der Waals surface area contributed by atoms with Gasteiger partial charge in [0, 0.05) is 33.0 Å². The molecule has 49 heavy (non-hydrogen) atoms. The molecule has 0 amide bonds. The molecule has 0 N–H and O–H groups in total. The minimum Gasteiger partial charge on any atom is -0.456 e. The smallest absolute Gasteiger partial charge is 0.164 e. The highest BCUT2D eigenvalue weighted by atomic mass is 16.3. The molecule has 9 aromatic rings. The van der Waals surface area contributed by atoms with Crippen molar-refractivity contribution in [2.45, 2.75) is 0 Å². The molecule has 0 aliphatic heterocycles. The number of aromatic nitrogens is 3. The molecule has 0 bridgehead atoms. The maximum absolute atomic E-state index is 10.1. The van der Waals surface area contributed by atoms with Crippen molar-refractivity contribution in [1.82, 2.24) is 15.0 Å². The number of hydrogen-bond acceptors (Lipinski definition) is 5. The molecule has 0 unspecified atom stereocenters. The Hall–Kier alpha value is -6.90. The number of nitriles is 1. The minimum atomic E-state index is 0.542. The Labute approximate surface area is 282 Å². The van der Waals surface area contributed by atoms with Crippen molar-refractivity contribution < 1.29 is 4.42 Å². The van der Waals surface area contributed by atoms with E-state index in [0.29, 0.717) is 23.0 Å². The van der Waals surface area contributed by atoms with Crippen LogP contribution < -0.4 is 0 Å². The lowest BCUT2D eigenvalue weighted by Crippen LogP contribution is -2.00. The summed E-state index contributed by atoms with van der Waals surface area (Å²) in [6.07, 6.45) is 0. The van der Waals surface area contributed by atoms with E-state index >= 15 is 0 Å². The molecule has 0 atom stereocenters. The summed E-state index contributed by atoms with van der Waals surface area (Å²) in [5.74, 6) is 1.66. The first-order valence-electron chi connectivity index (χ1n) is 16.1. The molecule has 2 heterocycles. The molecule has 0 aliphatic rings. The van der Waals surface area contributed by atoms with Crippen molar-refractivity contribution in [2.24, 2.45) is 0 Å². The number of benzene rings is 7. The quantitative estimate of drug-likeness (QED) is 0.190. The molecular formula is C44H26N4O. The normalized spacial score (nSPS) is 11.2. The van der Waals surface area contributed by atoms with E-state index in [1.165, 1.54) is 0 Å². The highest BCUT2D eigenvalue weighted by Crippen LogP contribution is 2.39. The fourth-order valence-corrected chi connectivity index (χ4v) is 6.66. The van der Waals surface area contributed by atoms with Gasteiger partial charge in [-0.1, -0.05) is 127 Å². The summed E-state index contributed by atoms with van der Waals surface area (Å²) in [6, 6.07) is 55.2. The van der Waals surface area contributed by atoms with Gasteiger partial charge in [-0.25, -0.2) is 15.0 Å². The van der Waals surface area contributed by atoms with Crippen LogP contribution in [0.3, 0.4) is 0 Å². The average Bonchev–Trinajstić information content (AvgIpc) is 3.56. The van der Waals surface area contributed by atoms with Gasteiger partial charge in [-0.15, -0.1) is 0 Å². The average molecular weight is 627 g/mol. The zero-order valence-electron chi connectivity index (χ0n) is 26.2. The van der Waals surface area contributed by atoms with E-state index in [0.717, 1.165) is 71.7 Å². The monoisotopic (exact) mass is 626 g/mol. The summed E-state index contributed by atoms with van der Waals surface area (Å²) in [5, 5.41) is 14.3. The molecule has 228 valence electrons. The molecule has 7 aromatic carbocycles. The fourth-order valence-electron chi connectivity index (χ4n) is 6.66. The van der Waals surface area contributed by atoms with Gasteiger partial charge in [-0.05, 0) is 57.8 Å². The van der Waals surface area contributed by atoms with E-state index in [9.17, 15) is 5.26 Å². The van der Waals surface area contributed by atoms with Crippen molar-refractivity contribution >= 4 is 32.7 Å². The Morgan fingerprint density at radius 1 is 0.449 bits per heavy atom. The molecule has 2 aromatic heterocycles. The van der Waals surface area contributed by atoms with Crippen LogP contribution in [0.25, 0.3) is 89.1 Å². The molecule has 0 saturated heterocycles. The van der Waals surface area contributed by atoms with Crippen molar-refractivity contribution in [3.8, 4) is 62.5 Å². The molecule has 0 spiro atoms. The lowest BCUT2D eigenvalue weighted by Gasteiger charge is -2.12. The Morgan fingerprint density at radius 3 is 1.86 bits per heavy atom. The third kappa shape index (κ3) is 5.00. The third-order valence-electron chi connectivity index (χ3n) is 8.97. The first-order chi connectivity index (χ1) is 24.2. The minimum absolute atomic E-state index is 0.542. The van der Waals surface area contributed by atoms with Gasteiger partial charge in [-0.2, -0.15) is 5.26 Å². The maximum atomic E-state index is 10.1. The molecule has 9 rings (SSSR count). The summed E-state index contributed by atoms with van der Waals surface area (Å²) >= 11 is 0. The summed E-state index contributed by atoms with van der Waals surface area (Å²) < 4.78 is 6.43. The summed E-state index contributed by atoms with van der Waals surface area (Å²) in [4.78, 5) is 15.0. The van der Waals surface area contributed by atoms with Crippen LogP contribution in [0.4, 0.5) is 0 Å². The van der Waals surface area contributed by atoms with Gasteiger partial charge < -0.3 is 4.42 Å². The largest absolute Gasteiger partial charge is 0.456 e. The van der Waals surface area contributed by atoms with Crippen molar-refractivity contribution in [2.75, 3.05) is 0 Å². The Morgan fingerprint density at radius 2 is 1.08 bits per heavy atom. The van der Waals surface area contributed by atoms with Gasteiger partial charge in [-0.3, -0.25) is 0 Å². The molecule has 5 heteroatoms. The second-order valence-electron chi connectivity index (χ2n) is 11.9. The van der Waals surface area contributed by atoms with E-state index in [2.05, 4.69) is 66.7 Å². The summed E-state index contributed by atoms with van der Waals surface area (Å²) in [7, 11) is 0. The van der Waals surface area contributed by atoms with Crippen LogP contribution >= 0.6 is 0 Å². The second kappa shape index (κ2) is 11.7. The van der Waals surface area contributed by atoms with Crippen LogP contribution in [0.2, 0.25) is 0 Å². The van der Waals surface area contributed by atoms with Crippen LogP contribution in [0.15, 0.2) is 162 Å². The first-order valence-corrected chi connectivity index (χ1v) is 16.1. The predicted molar refractivity (Wildman–Crippen MR) is 197 cm³/mol. The van der Waals surface area contributed by atoms with E-state index < -0.39 is 0 Å². The Kier molecular flexibility index (Phi) is 6.78. The molecule has 0 fully saturated rings. The topological polar surface area (TPSA) is 75.6 Å². The van der Waals surface area contributed by atoms with Crippen LogP contribution in [-0.4, -0.2) is 15.0 Å². The maximum Gasteiger partial charge on any atom is 0.164 e. The predicted octanol–water partition coefficient (Wildman–Crippen LogP) is 11.1. The molecular weight excluding hydrogens is 601 g/mol. The van der Waals surface area contributed by atoms with Gasteiger partial charge in [0.15, 0.2) is 17.5 Å². The van der Waals surface area contributed by atoms with Gasteiger partial charge in [0.25, 0.3) is 0 Å². The molecule has 0 saturated carbocycles. The van der Waals surface area contributed by atoms with E-state index in [-0.39, 0.29) is 0 Å². The number of fused-ring (bicyclic) bond motifs is 4. The summed E-state index contributed by atoms with van der Waals surface area (Å²) in [5.41, 5.74) is 8.84. The van der Waals surface area contributed by atoms with E-state index in [1.54, 1.807) is 0 Å². The zero-order valence-corrected chi connectivity index (χ0v) is 26.2. The lowest BCUT2D eigenvalue weighted by atomic mass is 9.93. The van der Waals surface area contributed by atoms with Crippen molar-refractivity contribution in [3.05, 3.63) is 163 Å². The van der Waals surface area contributed by atoms with Gasteiger partial charge in [0.05, 0.1) is 11.6 Å². The van der Waals surface area contributed by atoms with Gasteiger partial charge >= 0.3 is 0 Å². The van der Waals surface area contributed by atoms with Crippen LogP contribution in [-0.2, 0) is 0 Å². The SMILES string of the molecule is N#Cc1ccc2ccccc2c1-c1cccc(-c2nc(-c3ccccc3)nc(-c3ccc4c(c3)oc3cccc(-c5ccccc5)c34)n2)c1. The van der Waals surface area contributed by atoms with Gasteiger partial charge in [0.2, 0.25) is 0 Å². The van der Waals surface area contributed by atoms with E-state index in [1.807, 2.05) is 97.1 Å². The lowest BCUT2D eigenvalue weighted by molar-refractivity contribution is 0.669. The highest BCUT2D eigenvalue weighted by Gasteiger charge is 2.18. The number of rotatable bonds is 5. The summed E-state index contributed by atoms with van der Waals surface area (Å²) in [6.45, 7) is 0. The standard InChI is InChI=1S/C44H26N4O/c45-27-34-22-21-29-13-7-8-18-35(29)40(34)31-16-9-17-32(25-31)43-46-42(30-14-5-2-6-15-30)47-44(48-43)33-23-24-37-39(26-33)49-38-20-10-19-36(41(37)38)28-11-3-1-4-12-28/h1-26H. The zero-order chi connectivity index (χ0) is 32.7. The number of nitrogens with zero attached hydrogens (tertiary/aromatic N) is 4. The van der Waals surface area contributed by atoms with Gasteiger partial charge in [0.1, 0.15) is 11.2 Å². The highest BCUT2D eigenvalue weighted by molar-refractivity contribution is 6.13. The number of hydrogen-bond donors (Lipinski definition) is 0.